The zero-order valence-corrected chi connectivity index (χ0v) is 11.9. The predicted molar refractivity (Wildman–Crippen MR) is 79.9 cm³/mol. The second kappa shape index (κ2) is 5.94. The molecule has 1 N–H and O–H groups in total. The van der Waals surface area contributed by atoms with E-state index in [9.17, 15) is 0 Å². The first-order chi connectivity index (χ1) is 8.34. The van der Waals surface area contributed by atoms with Crippen LogP contribution >= 0.6 is 12.4 Å². The first-order valence-electron chi connectivity index (χ1n) is 6.89. The van der Waals surface area contributed by atoms with Crippen LogP contribution in [0.2, 0.25) is 0 Å². The van der Waals surface area contributed by atoms with Gasteiger partial charge in [0.2, 0.25) is 0 Å². The Bertz CT molecular complexity index is 399. The highest BCUT2D eigenvalue weighted by Gasteiger charge is 2.24. The van der Waals surface area contributed by atoms with Crippen molar-refractivity contribution in [1.82, 2.24) is 5.32 Å². The summed E-state index contributed by atoms with van der Waals surface area (Å²) in [5.74, 6) is 0.891. The molecule has 1 aromatic rings. The molecule has 0 bridgehead atoms. The van der Waals surface area contributed by atoms with Gasteiger partial charge in [-0.15, -0.1) is 12.4 Å². The van der Waals surface area contributed by atoms with E-state index in [0.717, 1.165) is 5.92 Å². The van der Waals surface area contributed by atoms with Gasteiger partial charge in [0.15, 0.2) is 0 Å². The molecule has 2 aliphatic rings. The van der Waals surface area contributed by atoms with E-state index in [4.69, 9.17) is 0 Å². The number of anilines is 1. The third-order valence-electron chi connectivity index (χ3n) is 4.23. The number of hydrogen-bond acceptors (Lipinski definition) is 2. The Balaban J connectivity index is 0.00000120. The molecular formula is C15H23ClN2. The molecule has 3 heteroatoms. The van der Waals surface area contributed by atoms with E-state index in [-0.39, 0.29) is 12.4 Å². The molecule has 3 rings (SSSR count). The standard InChI is InChI=1S/C15H22N2.ClH/c1-12-3-2-4-14-7-10-17(15(12)14)11-13-5-8-16-9-6-13;/h2-4,13,16H,5-11H2,1H3;1H. The van der Waals surface area contributed by atoms with Gasteiger partial charge in [0.25, 0.3) is 0 Å². The van der Waals surface area contributed by atoms with Gasteiger partial charge in [-0.25, -0.2) is 0 Å². The van der Waals surface area contributed by atoms with Gasteiger partial charge in [0, 0.05) is 18.8 Å². The van der Waals surface area contributed by atoms with E-state index < -0.39 is 0 Å². The molecular weight excluding hydrogens is 244 g/mol. The number of para-hydroxylation sites is 1. The summed E-state index contributed by atoms with van der Waals surface area (Å²) in [6, 6.07) is 6.74. The summed E-state index contributed by atoms with van der Waals surface area (Å²) in [5, 5.41) is 3.45. The van der Waals surface area contributed by atoms with Crippen LogP contribution in [0.1, 0.15) is 24.0 Å². The van der Waals surface area contributed by atoms with Crippen molar-refractivity contribution in [3.63, 3.8) is 0 Å². The number of nitrogens with one attached hydrogen (secondary N) is 1. The molecule has 0 aliphatic carbocycles. The van der Waals surface area contributed by atoms with Crippen LogP contribution in [-0.4, -0.2) is 26.2 Å². The Hall–Kier alpha value is -0.730. The maximum absolute atomic E-state index is 3.45. The van der Waals surface area contributed by atoms with Crippen LogP contribution in [-0.2, 0) is 6.42 Å². The van der Waals surface area contributed by atoms with E-state index >= 15 is 0 Å². The quantitative estimate of drug-likeness (QED) is 0.886. The molecule has 0 spiro atoms. The van der Waals surface area contributed by atoms with Crippen LogP contribution in [0.15, 0.2) is 18.2 Å². The highest BCUT2D eigenvalue weighted by atomic mass is 35.5. The molecule has 2 heterocycles. The highest BCUT2D eigenvalue weighted by molar-refractivity contribution is 5.85. The average molecular weight is 267 g/mol. The van der Waals surface area contributed by atoms with Crippen LogP contribution < -0.4 is 10.2 Å². The zero-order chi connectivity index (χ0) is 11.7. The van der Waals surface area contributed by atoms with Gasteiger partial charge in [-0.05, 0) is 56.3 Å². The number of piperidine rings is 1. The molecule has 0 atom stereocenters. The molecule has 18 heavy (non-hydrogen) atoms. The minimum Gasteiger partial charge on any atom is -0.370 e. The summed E-state index contributed by atoms with van der Waals surface area (Å²) in [5.41, 5.74) is 4.54. The summed E-state index contributed by atoms with van der Waals surface area (Å²) >= 11 is 0. The topological polar surface area (TPSA) is 15.3 Å². The van der Waals surface area contributed by atoms with Crippen LogP contribution in [0.4, 0.5) is 5.69 Å². The Morgan fingerprint density at radius 1 is 1.28 bits per heavy atom. The molecule has 2 aliphatic heterocycles. The number of halogens is 1. The number of fused-ring (bicyclic) bond motifs is 1. The summed E-state index contributed by atoms with van der Waals surface area (Å²) < 4.78 is 0. The summed E-state index contributed by atoms with van der Waals surface area (Å²) in [7, 11) is 0. The second-order valence-corrected chi connectivity index (χ2v) is 5.47. The molecule has 1 saturated heterocycles. The van der Waals surface area contributed by atoms with E-state index in [1.165, 1.54) is 56.7 Å². The number of rotatable bonds is 2. The van der Waals surface area contributed by atoms with Gasteiger partial charge in [-0.3, -0.25) is 0 Å². The molecule has 0 aromatic heterocycles. The molecule has 0 radical (unpaired) electrons. The van der Waals surface area contributed by atoms with Crippen molar-refractivity contribution in [1.29, 1.82) is 0 Å². The van der Waals surface area contributed by atoms with Gasteiger partial charge < -0.3 is 10.2 Å². The Kier molecular flexibility index (Phi) is 4.52. The normalized spacial score (nSPS) is 19.5. The van der Waals surface area contributed by atoms with E-state index in [0.29, 0.717) is 0 Å². The summed E-state index contributed by atoms with van der Waals surface area (Å²) in [6.07, 6.45) is 3.93. The highest BCUT2D eigenvalue weighted by Crippen LogP contribution is 2.32. The maximum atomic E-state index is 3.45. The van der Waals surface area contributed by atoms with Gasteiger partial charge in [-0.2, -0.15) is 0 Å². The fourth-order valence-electron chi connectivity index (χ4n) is 3.30. The minimum atomic E-state index is 0. The van der Waals surface area contributed by atoms with Gasteiger partial charge in [-0.1, -0.05) is 18.2 Å². The van der Waals surface area contributed by atoms with Crippen LogP contribution in [0.3, 0.4) is 0 Å². The summed E-state index contributed by atoms with van der Waals surface area (Å²) in [4.78, 5) is 2.63. The number of aryl methyl sites for hydroxylation is 1. The first-order valence-corrected chi connectivity index (χ1v) is 6.89. The molecule has 100 valence electrons. The SMILES string of the molecule is Cc1cccc2c1N(CC1CCNCC1)CC2.Cl. The van der Waals surface area contributed by atoms with Gasteiger partial charge in [0.1, 0.15) is 0 Å². The number of benzene rings is 1. The van der Waals surface area contributed by atoms with Crippen LogP contribution in [0.5, 0.6) is 0 Å². The van der Waals surface area contributed by atoms with Crippen molar-refractivity contribution in [2.45, 2.75) is 26.2 Å². The lowest BCUT2D eigenvalue weighted by atomic mass is 9.97. The van der Waals surface area contributed by atoms with E-state index in [1.807, 2.05) is 0 Å². The van der Waals surface area contributed by atoms with Crippen molar-refractivity contribution < 1.29 is 0 Å². The minimum absolute atomic E-state index is 0. The fraction of sp³-hybridized carbons (Fsp3) is 0.600. The lowest BCUT2D eigenvalue weighted by Crippen LogP contribution is -2.35. The van der Waals surface area contributed by atoms with Gasteiger partial charge in [0.05, 0.1) is 0 Å². The van der Waals surface area contributed by atoms with Crippen molar-refractivity contribution in [2.75, 3.05) is 31.1 Å². The summed E-state index contributed by atoms with van der Waals surface area (Å²) in [6.45, 7) is 7.15. The van der Waals surface area contributed by atoms with Crippen molar-refractivity contribution in [3.05, 3.63) is 29.3 Å². The monoisotopic (exact) mass is 266 g/mol. The van der Waals surface area contributed by atoms with E-state index in [1.54, 1.807) is 5.56 Å². The third kappa shape index (κ3) is 2.65. The largest absolute Gasteiger partial charge is 0.370 e. The number of nitrogens with zero attached hydrogens (tertiary/aromatic N) is 1. The smallest absolute Gasteiger partial charge is 0.0429 e. The fourth-order valence-corrected chi connectivity index (χ4v) is 3.30. The zero-order valence-electron chi connectivity index (χ0n) is 11.1. The Morgan fingerprint density at radius 3 is 2.83 bits per heavy atom. The number of hydrogen-bond donors (Lipinski definition) is 1. The maximum Gasteiger partial charge on any atom is 0.0429 e. The van der Waals surface area contributed by atoms with Gasteiger partial charge >= 0.3 is 0 Å². The van der Waals surface area contributed by atoms with E-state index in [2.05, 4.69) is 35.3 Å². The van der Waals surface area contributed by atoms with Crippen LogP contribution in [0.25, 0.3) is 0 Å². The van der Waals surface area contributed by atoms with Crippen molar-refractivity contribution in [3.8, 4) is 0 Å². The first kappa shape index (κ1) is 13.7. The lowest BCUT2D eigenvalue weighted by molar-refractivity contribution is 0.375. The van der Waals surface area contributed by atoms with Crippen LogP contribution in [0, 0.1) is 12.8 Å². The average Bonchev–Trinajstić information content (AvgIpc) is 2.75. The molecule has 0 unspecified atom stereocenters. The third-order valence-corrected chi connectivity index (χ3v) is 4.23. The Labute approximate surface area is 116 Å². The molecule has 0 amide bonds. The molecule has 0 saturated carbocycles. The molecule has 1 fully saturated rings. The Morgan fingerprint density at radius 2 is 2.06 bits per heavy atom. The van der Waals surface area contributed by atoms with Crippen molar-refractivity contribution in [2.24, 2.45) is 5.92 Å². The van der Waals surface area contributed by atoms with Crippen molar-refractivity contribution >= 4 is 18.1 Å². The molecule has 2 nitrogen and oxygen atoms in total. The second-order valence-electron chi connectivity index (χ2n) is 5.47. The lowest BCUT2D eigenvalue weighted by Gasteiger charge is -2.29. The predicted octanol–water partition coefficient (Wildman–Crippen LogP) is 2.78. The molecule has 1 aromatic carbocycles.